The molecule has 9 heteroatoms. The Kier molecular flexibility index (Phi) is 11.8. The highest BCUT2D eigenvalue weighted by atomic mass is 79.9. The van der Waals surface area contributed by atoms with Gasteiger partial charge in [0.2, 0.25) is 5.91 Å². The summed E-state index contributed by atoms with van der Waals surface area (Å²) >= 11 is 3.37. The first-order valence-electron chi connectivity index (χ1n) is 12.4. The first kappa shape index (κ1) is 29.7. The van der Waals surface area contributed by atoms with Crippen LogP contribution in [-0.2, 0) is 14.4 Å². The van der Waals surface area contributed by atoms with Gasteiger partial charge >= 0.3 is 0 Å². The molecule has 198 valence electrons. The van der Waals surface area contributed by atoms with Crippen LogP contribution in [0.2, 0.25) is 0 Å². The van der Waals surface area contributed by atoms with E-state index in [9.17, 15) is 23.6 Å². The topological polar surface area (TPSA) is 110 Å². The van der Waals surface area contributed by atoms with Crippen LogP contribution in [0.15, 0.2) is 41.1 Å². The SMILES string of the molecule is C=C(N)NCCC[C@H](CC(=O)[C@@H]1CCCN1C(=O)[C@@H](CC(=O)c1cccc(Br)c1)C(C)C)C(=O)CF. The highest BCUT2D eigenvalue weighted by Gasteiger charge is 2.39. The van der Waals surface area contributed by atoms with E-state index < -0.39 is 30.3 Å². The molecule has 2 rings (SSSR count). The van der Waals surface area contributed by atoms with Crippen molar-refractivity contribution in [1.29, 1.82) is 0 Å². The summed E-state index contributed by atoms with van der Waals surface area (Å²) in [7, 11) is 0. The summed E-state index contributed by atoms with van der Waals surface area (Å²) in [6.45, 7) is 7.09. The Bertz CT molecular complexity index is 968. The number of rotatable bonds is 15. The van der Waals surface area contributed by atoms with Crippen molar-refractivity contribution in [2.24, 2.45) is 23.5 Å². The third-order valence-electron chi connectivity index (χ3n) is 6.70. The van der Waals surface area contributed by atoms with E-state index in [1.54, 1.807) is 23.1 Å². The molecular weight excluding hydrogens is 529 g/mol. The number of carbonyl (C=O) groups is 4. The number of hydrogen-bond donors (Lipinski definition) is 2. The van der Waals surface area contributed by atoms with Crippen molar-refractivity contribution in [3.8, 4) is 0 Å². The maximum absolute atomic E-state index is 13.5. The molecule has 0 spiro atoms. The lowest BCUT2D eigenvalue weighted by Crippen LogP contribution is -2.45. The van der Waals surface area contributed by atoms with Crippen LogP contribution in [0.5, 0.6) is 0 Å². The summed E-state index contributed by atoms with van der Waals surface area (Å²) in [6, 6.07) is 6.40. The van der Waals surface area contributed by atoms with Gasteiger partial charge in [0.1, 0.15) is 6.67 Å². The highest BCUT2D eigenvalue weighted by molar-refractivity contribution is 9.10. The largest absolute Gasteiger partial charge is 0.386 e. The van der Waals surface area contributed by atoms with Crippen LogP contribution in [0.4, 0.5) is 4.39 Å². The summed E-state index contributed by atoms with van der Waals surface area (Å²) in [6.07, 6.45) is 1.97. The van der Waals surface area contributed by atoms with Crippen LogP contribution in [0, 0.1) is 17.8 Å². The Balaban J connectivity index is 2.09. The molecule has 1 aromatic rings. The molecule has 1 saturated heterocycles. The number of alkyl halides is 1. The standard InChI is InChI=1S/C27H37BrFN3O4/c1-17(2)22(15-24(33)19-7-4-9-21(28)13-19)27(36)32-12-6-10-23(32)25(34)14-20(26(35)16-29)8-5-11-31-18(3)30/h4,7,9,13,17,20,22-23,31H,3,5-6,8,10-12,14-16,30H2,1-2H3/t20-,22+,23+/m1/s1. The van der Waals surface area contributed by atoms with Crippen molar-refractivity contribution >= 4 is 39.2 Å². The van der Waals surface area contributed by atoms with Gasteiger partial charge in [-0.25, -0.2) is 4.39 Å². The molecule has 36 heavy (non-hydrogen) atoms. The van der Waals surface area contributed by atoms with E-state index in [0.717, 1.165) is 4.47 Å². The summed E-state index contributed by atoms with van der Waals surface area (Å²) < 4.78 is 14.0. The molecule has 3 atom stereocenters. The lowest BCUT2D eigenvalue weighted by molar-refractivity contribution is -0.142. The Morgan fingerprint density at radius 1 is 1.25 bits per heavy atom. The molecule has 0 saturated carbocycles. The lowest BCUT2D eigenvalue weighted by Gasteiger charge is -2.30. The third-order valence-corrected chi connectivity index (χ3v) is 7.19. The first-order chi connectivity index (χ1) is 17.0. The number of ketones is 3. The normalized spacial score (nSPS) is 17.0. The van der Waals surface area contributed by atoms with Crippen molar-refractivity contribution in [3.63, 3.8) is 0 Å². The van der Waals surface area contributed by atoms with E-state index in [-0.39, 0.29) is 36.2 Å². The van der Waals surface area contributed by atoms with Gasteiger partial charge in [-0.2, -0.15) is 0 Å². The molecule has 1 heterocycles. The van der Waals surface area contributed by atoms with Crippen molar-refractivity contribution in [2.45, 2.75) is 58.4 Å². The second kappa shape index (κ2) is 14.3. The monoisotopic (exact) mass is 565 g/mol. The van der Waals surface area contributed by atoms with Crippen LogP contribution in [0.1, 0.15) is 62.7 Å². The molecule has 1 amide bonds. The average molecular weight is 567 g/mol. The first-order valence-corrected chi connectivity index (χ1v) is 13.2. The van der Waals surface area contributed by atoms with Gasteiger partial charge in [-0.15, -0.1) is 0 Å². The zero-order chi connectivity index (χ0) is 26.8. The fraction of sp³-hybridized carbons (Fsp3) is 0.556. The third kappa shape index (κ3) is 8.54. The molecule has 7 nitrogen and oxygen atoms in total. The Labute approximate surface area is 221 Å². The Morgan fingerprint density at radius 3 is 2.58 bits per heavy atom. The molecule has 1 aliphatic rings. The van der Waals surface area contributed by atoms with Gasteiger partial charge in [0.15, 0.2) is 17.3 Å². The minimum Gasteiger partial charge on any atom is -0.386 e. The summed E-state index contributed by atoms with van der Waals surface area (Å²) in [5.41, 5.74) is 6.00. The summed E-state index contributed by atoms with van der Waals surface area (Å²) in [4.78, 5) is 53.4. The number of Topliss-reactive ketones (excluding diaryl/α,β-unsaturated/α-hetero) is 3. The number of nitrogens with zero attached hydrogens (tertiary/aromatic N) is 1. The number of amides is 1. The summed E-state index contributed by atoms with van der Waals surface area (Å²) in [5, 5.41) is 2.85. The van der Waals surface area contributed by atoms with Gasteiger partial charge in [-0.1, -0.05) is 48.5 Å². The quantitative estimate of drug-likeness (QED) is 0.243. The lowest BCUT2D eigenvalue weighted by atomic mass is 9.86. The van der Waals surface area contributed by atoms with E-state index >= 15 is 0 Å². The molecule has 1 fully saturated rings. The van der Waals surface area contributed by atoms with E-state index in [1.807, 2.05) is 19.9 Å². The molecule has 0 unspecified atom stereocenters. The van der Waals surface area contributed by atoms with Crippen LogP contribution in [0.25, 0.3) is 0 Å². The zero-order valence-electron chi connectivity index (χ0n) is 21.1. The van der Waals surface area contributed by atoms with Crippen LogP contribution >= 0.6 is 15.9 Å². The number of benzene rings is 1. The second-order valence-electron chi connectivity index (χ2n) is 9.74. The second-order valence-corrected chi connectivity index (χ2v) is 10.7. The minimum absolute atomic E-state index is 0.0484. The number of halogens is 2. The predicted molar refractivity (Wildman–Crippen MR) is 141 cm³/mol. The van der Waals surface area contributed by atoms with Gasteiger partial charge in [0, 0.05) is 47.8 Å². The zero-order valence-corrected chi connectivity index (χ0v) is 22.7. The van der Waals surface area contributed by atoms with Crippen LogP contribution < -0.4 is 11.1 Å². The van der Waals surface area contributed by atoms with Crippen molar-refractivity contribution in [3.05, 3.63) is 46.7 Å². The van der Waals surface area contributed by atoms with Crippen LogP contribution in [-0.4, -0.2) is 54.0 Å². The van der Waals surface area contributed by atoms with E-state index in [0.29, 0.717) is 50.2 Å². The number of hydrogen-bond acceptors (Lipinski definition) is 6. The molecule has 1 aromatic carbocycles. The maximum atomic E-state index is 13.5. The number of likely N-dealkylation sites (tertiary alicyclic amines) is 1. The van der Waals surface area contributed by atoms with Gasteiger partial charge in [-0.3, -0.25) is 19.2 Å². The van der Waals surface area contributed by atoms with E-state index in [4.69, 9.17) is 5.73 Å². The average Bonchev–Trinajstić information content (AvgIpc) is 3.33. The smallest absolute Gasteiger partial charge is 0.227 e. The van der Waals surface area contributed by atoms with Gasteiger partial charge in [0.05, 0.1) is 11.9 Å². The number of nitrogens with two attached hydrogens (primary N) is 1. The van der Waals surface area contributed by atoms with E-state index in [1.165, 1.54) is 0 Å². The minimum atomic E-state index is -1.13. The van der Waals surface area contributed by atoms with Crippen molar-refractivity contribution in [2.75, 3.05) is 19.8 Å². The molecule has 0 aliphatic carbocycles. The fourth-order valence-corrected chi connectivity index (χ4v) is 5.03. The molecule has 0 aromatic heterocycles. The number of nitrogens with one attached hydrogen (secondary N) is 1. The molecule has 0 bridgehead atoms. The Morgan fingerprint density at radius 2 is 1.97 bits per heavy atom. The van der Waals surface area contributed by atoms with Gasteiger partial charge < -0.3 is 16.0 Å². The molecular formula is C27H37BrFN3O4. The van der Waals surface area contributed by atoms with Crippen molar-refractivity contribution < 1.29 is 23.6 Å². The Hall–Kier alpha value is -2.55. The van der Waals surface area contributed by atoms with E-state index in [2.05, 4.69) is 27.8 Å². The predicted octanol–water partition coefficient (Wildman–Crippen LogP) is 4.20. The molecule has 3 N–H and O–H groups in total. The van der Waals surface area contributed by atoms with Gasteiger partial charge in [-0.05, 0) is 43.7 Å². The fourth-order valence-electron chi connectivity index (χ4n) is 4.63. The van der Waals surface area contributed by atoms with Crippen molar-refractivity contribution in [1.82, 2.24) is 10.2 Å². The maximum Gasteiger partial charge on any atom is 0.227 e. The van der Waals surface area contributed by atoms with Crippen LogP contribution in [0.3, 0.4) is 0 Å². The molecule has 0 radical (unpaired) electrons. The summed E-state index contributed by atoms with van der Waals surface area (Å²) in [5.74, 6) is -2.30. The molecule has 1 aliphatic heterocycles. The highest BCUT2D eigenvalue weighted by Crippen LogP contribution is 2.29. The van der Waals surface area contributed by atoms with Gasteiger partial charge in [0.25, 0.3) is 0 Å². The number of carbonyl (C=O) groups excluding carboxylic acids is 4.